The molecule has 1 aliphatic carbocycles. The number of rotatable bonds is 3. The zero-order chi connectivity index (χ0) is 11.1. The molecule has 14 heavy (non-hydrogen) atoms. The van der Waals surface area contributed by atoms with Crippen LogP contribution >= 0.6 is 0 Å². The van der Waals surface area contributed by atoms with Crippen LogP contribution in [0.5, 0.6) is 0 Å². The van der Waals surface area contributed by atoms with Crippen LogP contribution in [-0.2, 0) is 9.53 Å². The molecule has 3 nitrogen and oxygen atoms in total. The summed E-state index contributed by atoms with van der Waals surface area (Å²) in [5.41, 5.74) is -0.114. The minimum Gasteiger partial charge on any atom is -0.469 e. The quantitative estimate of drug-likeness (QED) is 0.701. The van der Waals surface area contributed by atoms with Crippen molar-refractivity contribution in [3.05, 3.63) is 0 Å². The van der Waals surface area contributed by atoms with Gasteiger partial charge in [0.25, 0.3) is 0 Å². The maximum atomic E-state index is 11.4. The van der Waals surface area contributed by atoms with E-state index < -0.39 is 6.10 Å². The van der Waals surface area contributed by atoms with Crippen LogP contribution in [-0.4, -0.2) is 24.3 Å². The molecule has 0 amide bonds. The van der Waals surface area contributed by atoms with Crippen LogP contribution < -0.4 is 0 Å². The van der Waals surface area contributed by atoms with E-state index in [1.54, 1.807) is 0 Å². The summed E-state index contributed by atoms with van der Waals surface area (Å²) in [4.78, 5) is 11.4. The Bertz CT molecular complexity index is 233. The summed E-state index contributed by atoms with van der Waals surface area (Å²) in [6.45, 7) is 7.94. The summed E-state index contributed by atoms with van der Waals surface area (Å²) in [6.07, 6.45) is -0.408. The Morgan fingerprint density at radius 2 is 1.93 bits per heavy atom. The molecule has 0 saturated heterocycles. The second kappa shape index (κ2) is 3.54. The summed E-state index contributed by atoms with van der Waals surface area (Å²) < 4.78 is 4.72. The molecular formula is C11H20O3. The van der Waals surface area contributed by atoms with Gasteiger partial charge in [-0.2, -0.15) is 0 Å². The lowest BCUT2D eigenvalue weighted by Gasteiger charge is -2.15. The number of esters is 1. The van der Waals surface area contributed by atoms with Crippen molar-refractivity contribution in [2.75, 3.05) is 7.11 Å². The standard InChI is InChI=1S/C11H20O3/c1-6(2)9(12)7-8(10(13)14-5)11(7,3)4/h6-9,12H,1-5H3/t7-,8+,9?/m0/s1. The van der Waals surface area contributed by atoms with Gasteiger partial charge in [-0.3, -0.25) is 4.79 Å². The number of hydrogen-bond donors (Lipinski definition) is 1. The second-order valence-corrected chi connectivity index (χ2v) is 5.08. The average Bonchev–Trinajstić information content (AvgIpc) is 2.66. The van der Waals surface area contributed by atoms with Gasteiger partial charge in [-0.15, -0.1) is 0 Å². The highest BCUT2D eigenvalue weighted by molar-refractivity contribution is 5.77. The number of carbonyl (C=O) groups is 1. The van der Waals surface area contributed by atoms with Crippen LogP contribution in [0.25, 0.3) is 0 Å². The third-order valence-corrected chi connectivity index (χ3v) is 3.42. The Labute approximate surface area is 85.5 Å². The molecule has 0 radical (unpaired) electrons. The molecule has 3 heteroatoms. The molecule has 0 heterocycles. The van der Waals surface area contributed by atoms with E-state index in [0.29, 0.717) is 0 Å². The Balaban J connectivity index is 2.70. The van der Waals surface area contributed by atoms with E-state index in [0.717, 1.165) is 0 Å². The highest BCUT2D eigenvalue weighted by atomic mass is 16.5. The van der Waals surface area contributed by atoms with Crippen molar-refractivity contribution in [2.24, 2.45) is 23.2 Å². The summed E-state index contributed by atoms with van der Waals surface area (Å²) in [5, 5.41) is 9.91. The lowest BCUT2D eigenvalue weighted by Crippen LogP contribution is -2.21. The average molecular weight is 200 g/mol. The van der Waals surface area contributed by atoms with E-state index in [1.165, 1.54) is 7.11 Å². The van der Waals surface area contributed by atoms with Gasteiger partial charge >= 0.3 is 5.97 Å². The number of ether oxygens (including phenoxy) is 1. The Hall–Kier alpha value is -0.570. The van der Waals surface area contributed by atoms with E-state index in [-0.39, 0.29) is 29.1 Å². The molecule has 0 aromatic rings. The van der Waals surface area contributed by atoms with Crippen LogP contribution in [0.3, 0.4) is 0 Å². The Kier molecular flexibility index (Phi) is 2.91. The van der Waals surface area contributed by atoms with E-state index in [1.807, 2.05) is 27.7 Å². The third kappa shape index (κ3) is 1.65. The van der Waals surface area contributed by atoms with Crippen molar-refractivity contribution in [3.8, 4) is 0 Å². The van der Waals surface area contributed by atoms with Gasteiger partial charge in [-0.05, 0) is 11.3 Å². The van der Waals surface area contributed by atoms with Crippen molar-refractivity contribution >= 4 is 5.97 Å². The Morgan fingerprint density at radius 1 is 1.43 bits per heavy atom. The van der Waals surface area contributed by atoms with E-state index in [4.69, 9.17) is 4.74 Å². The predicted molar refractivity (Wildman–Crippen MR) is 53.6 cm³/mol. The molecule has 0 spiro atoms. The minimum atomic E-state index is -0.408. The van der Waals surface area contributed by atoms with Crippen molar-refractivity contribution in [3.63, 3.8) is 0 Å². The highest BCUT2D eigenvalue weighted by Gasteiger charge is 2.65. The van der Waals surface area contributed by atoms with Crippen molar-refractivity contribution in [2.45, 2.75) is 33.8 Å². The highest BCUT2D eigenvalue weighted by Crippen LogP contribution is 2.61. The number of aliphatic hydroxyl groups is 1. The molecule has 0 aliphatic heterocycles. The van der Waals surface area contributed by atoms with Crippen molar-refractivity contribution in [1.82, 2.24) is 0 Å². The van der Waals surface area contributed by atoms with Crippen LogP contribution in [0.1, 0.15) is 27.7 Å². The number of hydrogen-bond acceptors (Lipinski definition) is 3. The summed E-state index contributed by atoms with van der Waals surface area (Å²) in [7, 11) is 1.40. The first kappa shape index (κ1) is 11.5. The Morgan fingerprint density at radius 3 is 2.29 bits per heavy atom. The molecule has 1 fully saturated rings. The number of aliphatic hydroxyl groups excluding tert-OH is 1. The SMILES string of the molecule is COC(=O)[C@H]1[C@@H](C(O)C(C)C)C1(C)C. The molecular weight excluding hydrogens is 180 g/mol. The topological polar surface area (TPSA) is 46.5 Å². The molecule has 1 unspecified atom stereocenters. The van der Waals surface area contributed by atoms with Crippen LogP contribution in [0.15, 0.2) is 0 Å². The molecule has 1 aliphatic rings. The van der Waals surface area contributed by atoms with Gasteiger partial charge < -0.3 is 9.84 Å². The molecule has 1 N–H and O–H groups in total. The normalized spacial score (nSPS) is 31.4. The van der Waals surface area contributed by atoms with Crippen LogP contribution in [0.4, 0.5) is 0 Å². The maximum absolute atomic E-state index is 11.4. The first-order valence-electron chi connectivity index (χ1n) is 5.10. The molecule has 0 aromatic heterocycles. The summed E-state index contributed by atoms with van der Waals surface area (Å²) in [6, 6.07) is 0. The first-order chi connectivity index (χ1) is 6.34. The fraction of sp³-hybridized carbons (Fsp3) is 0.909. The second-order valence-electron chi connectivity index (χ2n) is 5.08. The minimum absolute atomic E-state index is 0.0509. The summed E-state index contributed by atoms with van der Waals surface area (Å²) in [5.74, 6) is -0.0894. The van der Waals surface area contributed by atoms with Crippen LogP contribution in [0, 0.1) is 23.2 Å². The molecule has 1 rings (SSSR count). The van der Waals surface area contributed by atoms with Crippen LogP contribution in [0.2, 0.25) is 0 Å². The molecule has 82 valence electrons. The molecule has 0 aromatic carbocycles. The smallest absolute Gasteiger partial charge is 0.309 e. The van der Waals surface area contributed by atoms with Gasteiger partial charge in [-0.25, -0.2) is 0 Å². The lowest BCUT2D eigenvalue weighted by atomic mass is 9.98. The fourth-order valence-corrected chi connectivity index (χ4v) is 2.31. The van der Waals surface area contributed by atoms with Gasteiger partial charge in [0.15, 0.2) is 0 Å². The zero-order valence-corrected chi connectivity index (χ0v) is 9.57. The van der Waals surface area contributed by atoms with E-state index >= 15 is 0 Å². The zero-order valence-electron chi connectivity index (χ0n) is 9.57. The van der Waals surface area contributed by atoms with Gasteiger partial charge in [0.1, 0.15) is 0 Å². The maximum Gasteiger partial charge on any atom is 0.309 e. The van der Waals surface area contributed by atoms with Gasteiger partial charge in [0.2, 0.25) is 0 Å². The summed E-state index contributed by atoms with van der Waals surface area (Å²) >= 11 is 0. The van der Waals surface area contributed by atoms with Gasteiger partial charge in [0.05, 0.1) is 19.1 Å². The fourth-order valence-electron chi connectivity index (χ4n) is 2.31. The predicted octanol–water partition coefficient (Wildman–Crippen LogP) is 1.45. The van der Waals surface area contributed by atoms with Crippen molar-refractivity contribution in [1.29, 1.82) is 0 Å². The van der Waals surface area contributed by atoms with E-state index in [9.17, 15) is 9.90 Å². The van der Waals surface area contributed by atoms with E-state index in [2.05, 4.69) is 0 Å². The molecule has 3 atom stereocenters. The third-order valence-electron chi connectivity index (χ3n) is 3.42. The molecule has 1 saturated carbocycles. The van der Waals surface area contributed by atoms with Gasteiger partial charge in [0, 0.05) is 5.92 Å². The molecule has 0 bridgehead atoms. The lowest BCUT2D eigenvalue weighted by molar-refractivity contribution is -0.143. The van der Waals surface area contributed by atoms with Crippen molar-refractivity contribution < 1.29 is 14.6 Å². The largest absolute Gasteiger partial charge is 0.469 e. The van der Waals surface area contributed by atoms with Gasteiger partial charge in [-0.1, -0.05) is 27.7 Å². The monoisotopic (exact) mass is 200 g/mol. The first-order valence-corrected chi connectivity index (χ1v) is 5.10. The number of carbonyl (C=O) groups excluding carboxylic acids is 1. The number of methoxy groups -OCH3 is 1.